The van der Waals surface area contributed by atoms with Crippen molar-refractivity contribution in [3.63, 3.8) is 0 Å². The second kappa shape index (κ2) is 5.92. The van der Waals surface area contributed by atoms with Crippen LogP contribution in [0, 0.1) is 0 Å². The van der Waals surface area contributed by atoms with Gasteiger partial charge >= 0.3 is 0 Å². The highest BCUT2D eigenvalue weighted by Crippen LogP contribution is 2.40. The Morgan fingerprint density at radius 3 is 0.885 bits per heavy atom. The molecule has 12 nitrogen and oxygen atoms in total. The van der Waals surface area contributed by atoms with Crippen LogP contribution in [0.3, 0.4) is 0 Å². The highest BCUT2D eigenvalue weighted by Gasteiger charge is 2.40. The molecule has 16 heteroatoms. The molecule has 0 bridgehead atoms. The summed E-state index contributed by atoms with van der Waals surface area (Å²) in [7, 11) is -22.9. The Morgan fingerprint density at radius 1 is 0.462 bits per heavy atom. The number of benzene rings is 2. The van der Waals surface area contributed by atoms with Gasteiger partial charge in [-0.25, -0.2) is 0 Å². The molecule has 26 heavy (non-hydrogen) atoms. The molecule has 4 N–H and O–H groups in total. The van der Waals surface area contributed by atoms with Gasteiger partial charge in [0.2, 0.25) is 0 Å². The molecule has 0 fully saturated rings. The quantitative estimate of drug-likeness (QED) is 0.448. The molecule has 2 aromatic rings. The van der Waals surface area contributed by atoms with Crippen LogP contribution in [-0.4, -0.2) is 51.9 Å². The van der Waals surface area contributed by atoms with Crippen molar-refractivity contribution in [1.82, 2.24) is 0 Å². The average Bonchev–Trinajstić information content (AvgIpc) is 2.40. The van der Waals surface area contributed by atoms with Gasteiger partial charge in [-0.3, -0.25) is 18.2 Å². The molecule has 0 atom stereocenters. The Labute approximate surface area is 147 Å². The Bertz CT molecular complexity index is 1240. The third-order valence-corrected chi connectivity index (χ3v) is 7.18. The van der Waals surface area contributed by atoms with Crippen LogP contribution < -0.4 is 0 Å². The third-order valence-electron chi connectivity index (χ3n) is 3.07. The lowest BCUT2D eigenvalue weighted by Gasteiger charge is -2.16. The molecule has 0 aliphatic rings. The minimum Gasteiger partial charge on any atom is -0.282 e. The zero-order valence-electron chi connectivity index (χ0n) is 12.0. The molecule has 0 saturated heterocycles. The Hall–Kier alpha value is -1.66. The number of fused-ring (bicyclic) bond motifs is 1. The summed E-state index contributed by atoms with van der Waals surface area (Å²) < 4.78 is 130. The Kier molecular flexibility index (Phi) is 4.71. The zero-order chi connectivity index (χ0) is 20.3. The van der Waals surface area contributed by atoms with E-state index in [4.69, 9.17) is 0 Å². The molecule has 0 aliphatic carbocycles. The lowest BCUT2D eigenvalue weighted by Crippen LogP contribution is -2.19. The molecule has 144 valence electrons. The predicted molar refractivity (Wildman–Crippen MR) is 83.2 cm³/mol. The average molecular weight is 448 g/mol. The first-order valence-electron chi connectivity index (χ1n) is 5.96. The van der Waals surface area contributed by atoms with Gasteiger partial charge < -0.3 is 0 Å². The van der Waals surface area contributed by atoms with Crippen molar-refractivity contribution < 1.29 is 51.9 Å². The lowest BCUT2D eigenvalue weighted by molar-refractivity contribution is 0.449. The van der Waals surface area contributed by atoms with E-state index in [0.717, 1.165) is 24.3 Å². The minimum absolute atomic E-state index is 0.773. The maximum atomic E-state index is 11.6. The second-order valence-electron chi connectivity index (χ2n) is 4.76. The topological polar surface area (TPSA) is 217 Å². The molecular formula is C10H8O12S4. The van der Waals surface area contributed by atoms with Gasteiger partial charge in [0.15, 0.2) is 0 Å². The highest BCUT2D eigenvalue weighted by molar-refractivity contribution is 7.91. The van der Waals surface area contributed by atoms with E-state index < -0.39 is 70.8 Å². The number of hydrogen-bond donors (Lipinski definition) is 4. The van der Waals surface area contributed by atoms with Gasteiger partial charge in [0, 0.05) is 10.8 Å². The summed E-state index contributed by atoms with van der Waals surface area (Å²) in [5.74, 6) is 0. The Balaban J connectivity index is 3.60. The fraction of sp³-hybridized carbons (Fsp3) is 0. The van der Waals surface area contributed by atoms with Gasteiger partial charge in [0.25, 0.3) is 40.5 Å². The van der Waals surface area contributed by atoms with Crippen molar-refractivity contribution in [3.8, 4) is 0 Å². The lowest BCUT2D eigenvalue weighted by atomic mass is 10.1. The molecule has 0 saturated carbocycles. The maximum absolute atomic E-state index is 11.6. The van der Waals surface area contributed by atoms with Crippen molar-refractivity contribution in [2.75, 3.05) is 0 Å². The van der Waals surface area contributed by atoms with E-state index >= 15 is 0 Å². The Morgan fingerprint density at radius 2 is 0.692 bits per heavy atom. The van der Waals surface area contributed by atoms with Gasteiger partial charge in [-0.05, 0) is 0 Å². The maximum Gasteiger partial charge on any atom is 0.297 e. The molecule has 0 amide bonds. The van der Waals surface area contributed by atoms with Gasteiger partial charge in [0.1, 0.15) is 19.6 Å². The van der Waals surface area contributed by atoms with Crippen LogP contribution in [0.4, 0.5) is 0 Å². The van der Waals surface area contributed by atoms with E-state index in [-0.39, 0.29) is 0 Å². The third kappa shape index (κ3) is 3.58. The summed E-state index contributed by atoms with van der Waals surface area (Å²) >= 11 is 0. The van der Waals surface area contributed by atoms with E-state index in [0.29, 0.717) is 0 Å². The summed E-state index contributed by atoms with van der Waals surface area (Å²) in [4.78, 5) is -7.66. The van der Waals surface area contributed by atoms with Crippen LogP contribution in [-0.2, 0) is 40.5 Å². The van der Waals surface area contributed by atoms with Crippen molar-refractivity contribution in [1.29, 1.82) is 0 Å². The van der Waals surface area contributed by atoms with Crippen LogP contribution in [0.25, 0.3) is 10.8 Å². The summed E-state index contributed by atoms with van der Waals surface area (Å²) in [6.07, 6.45) is 0. The summed E-state index contributed by atoms with van der Waals surface area (Å²) in [6.45, 7) is 0. The molecular weight excluding hydrogens is 440 g/mol. The molecule has 0 aromatic heterocycles. The fourth-order valence-corrected chi connectivity index (χ4v) is 7.28. The molecule has 2 rings (SSSR count). The van der Waals surface area contributed by atoms with Crippen LogP contribution >= 0.6 is 0 Å². The van der Waals surface area contributed by atoms with Crippen LogP contribution in [0.1, 0.15) is 0 Å². The van der Waals surface area contributed by atoms with Gasteiger partial charge in [-0.1, -0.05) is 24.3 Å². The monoisotopic (exact) mass is 448 g/mol. The van der Waals surface area contributed by atoms with Gasteiger partial charge in [0.05, 0.1) is 0 Å². The van der Waals surface area contributed by atoms with Gasteiger partial charge in [-0.15, -0.1) is 0 Å². The van der Waals surface area contributed by atoms with Crippen LogP contribution in [0.15, 0.2) is 43.8 Å². The fourth-order valence-electron chi connectivity index (χ4n) is 2.31. The largest absolute Gasteiger partial charge is 0.297 e. The predicted octanol–water partition coefficient (Wildman–Crippen LogP) is -0.173. The standard InChI is InChI=1S/C10H8O12S4/c11-23(12,13)7-5-3-1-2-4-6(5)8(24(14,15)16)10(26(20,21)22)9(7)25(17,18)19/h1-4H,(H,11,12,13)(H,14,15,16)(H,17,18,19)(H,20,21,22). The van der Waals surface area contributed by atoms with E-state index in [9.17, 15) is 51.9 Å². The highest BCUT2D eigenvalue weighted by atomic mass is 32.2. The number of rotatable bonds is 4. The van der Waals surface area contributed by atoms with Crippen LogP contribution in [0.5, 0.6) is 0 Å². The molecule has 0 spiro atoms. The van der Waals surface area contributed by atoms with Crippen molar-refractivity contribution in [3.05, 3.63) is 24.3 Å². The smallest absolute Gasteiger partial charge is 0.282 e. The van der Waals surface area contributed by atoms with Crippen molar-refractivity contribution in [2.24, 2.45) is 0 Å². The number of hydrogen-bond acceptors (Lipinski definition) is 8. The van der Waals surface area contributed by atoms with Gasteiger partial charge in [-0.2, -0.15) is 33.7 Å². The van der Waals surface area contributed by atoms with E-state index in [1.54, 1.807) is 0 Å². The first kappa shape index (κ1) is 20.6. The van der Waals surface area contributed by atoms with E-state index in [1.807, 2.05) is 0 Å². The molecule has 0 radical (unpaired) electrons. The minimum atomic E-state index is -5.86. The molecule has 2 aromatic carbocycles. The molecule has 0 heterocycles. The summed E-state index contributed by atoms with van der Waals surface area (Å²) in [5.41, 5.74) is 0. The normalized spacial score (nSPS) is 13.8. The SMILES string of the molecule is O=S(=O)(O)c1c(S(=O)(=O)O)c(S(=O)(=O)O)c2ccccc2c1S(=O)(=O)O. The van der Waals surface area contributed by atoms with Crippen molar-refractivity contribution in [2.45, 2.75) is 19.6 Å². The zero-order valence-corrected chi connectivity index (χ0v) is 15.3. The first-order valence-corrected chi connectivity index (χ1v) is 11.7. The first-order chi connectivity index (χ1) is 11.5. The van der Waals surface area contributed by atoms with E-state index in [1.165, 1.54) is 0 Å². The molecule has 0 unspecified atom stereocenters. The van der Waals surface area contributed by atoms with E-state index in [2.05, 4.69) is 0 Å². The van der Waals surface area contributed by atoms with Crippen LogP contribution in [0.2, 0.25) is 0 Å². The van der Waals surface area contributed by atoms with Crippen molar-refractivity contribution >= 4 is 51.2 Å². The summed E-state index contributed by atoms with van der Waals surface area (Å²) in [6, 6.07) is 3.67. The summed E-state index contributed by atoms with van der Waals surface area (Å²) in [5, 5.41) is -1.72. The molecule has 0 aliphatic heterocycles. The second-order valence-corrected chi connectivity index (χ2v) is 10.2.